The van der Waals surface area contributed by atoms with Crippen molar-refractivity contribution in [1.29, 1.82) is 0 Å². The van der Waals surface area contributed by atoms with E-state index in [1.54, 1.807) is 0 Å². The molecule has 1 spiro atoms. The molecule has 15 heavy (non-hydrogen) atoms. The van der Waals surface area contributed by atoms with Gasteiger partial charge in [0.2, 0.25) is 0 Å². The molecule has 0 aromatic heterocycles. The summed E-state index contributed by atoms with van der Waals surface area (Å²) in [5.74, 6) is 2.52. The van der Waals surface area contributed by atoms with Gasteiger partial charge in [0.05, 0.1) is 12.2 Å². The van der Waals surface area contributed by atoms with Crippen LogP contribution in [0.15, 0.2) is 0 Å². The minimum Gasteiger partial charge on any atom is -0.372 e. The van der Waals surface area contributed by atoms with Crippen LogP contribution in [0.25, 0.3) is 0 Å². The first kappa shape index (κ1) is 11.7. The lowest BCUT2D eigenvalue weighted by molar-refractivity contribution is -0.126. The second-order valence-electron chi connectivity index (χ2n) is 5.78. The summed E-state index contributed by atoms with van der Waals surface area (Å²) in [4.78, 5) is 0. The van der Waals surface area contributed by atoms with Gasteiger partial charge in [-0.3, -0.25) is 0 Å². The van der Waals surface area contributed by atoms with Crippen molar-refractivity contribution < 1.29 is 4.74 Å². The van der Waals surface area contributed by atoms with Crippen molar-refractivity contribution in [2.45, 2.75) is 45.3 Å². The molecule has 1 N–H and O–H groups in total. The van der Waals surface area contributed by atoms with Crippen molar-refractivity contribution in [1.82, 2.24) is 5.32 Å². The number of morpholine rings is 1. The molecule has 0 aromatic carbocycles. The lowest BCUT2D eigenvalue weighted by Gasteiger charge is -2.51. The Labute approximate surface area is 97.5 Å². The molecule has 2 aliphatic rings. The highest BCUT2D eigenvalue weighted by atomic mass is 32.2. The van der Waals surface area contributed by atoms with Crippen LogP contribution in [0.4, 0.5) is 0 Å². The largest absolute Gasteiger partial charge is 0.372 e. The Kier molecular flexibility index (Phi) is 3.34. The molecule has 3 heteroatoms. The van der Waals surface area contributed by atoms with E-state index in [4.69, 9.17) is 4.74 Å². The van der Waals surface area contributed by atoms with E-state index in [1.807, 2.05) is 0 Å². The molecule has 2 heterocycles. The molecular weight excluding hydrogens is 206 g/mol. The summed E-state index contributed by atoms with van der Waals surface area (Å²) in [6.07, 6.45) is 2.43. The first-order valence-corrected chi connectivity index (χ1v) is 7.15. The maximum Gasteiger partial charge on any atom is 0.0856 e. The summed E-state index contributed by atoms with van der Waals surface area (Å²) < 4.78 is 6.17. The third kappa shape index (κ3) is 2.34. The van der Waals surface area contributed by atoms with Gasteiger partial charge in [0.15, 0.2) is 0 Å². The minimum absolute atomic E-state index is 0.127. The quantitative estimate of drug-likeness (QED) is 0.688. The van der Waals surface area contributed by atoms with Gasteiger partial charge in [0.25, 0.3) is 0 Å². The number of hydrogen-bond donors (Lipinski definition) is 1. The van der Waals surface area contributed by atoms with Gasteiger partial charge < -0.3 is 10.1 Å². The van der Waals surface area contributed by atoms with Gasteiger partial charge in [-0.2, -0.15) is 11.8 Å². The molecule has 0 bridgehead atoms. The maximum atomic E-state index is 6.17. The van der Waals surface area contributed by atoms with Crippen LogP contribution in [0.1, 0.15) is 33.6 Å². The van der Waals surface area contributed by atoms with Gasteiger partial charge in [-0.25, -0.2) is 0 Å². The number of hydrogen-bond acceptors (Lipinski definition) is 3. The Balaban J connectivity index is 2.17. The SMILES string of the molecule is CC(C)(C)C1NCCOC12CCSCC2. The topological polar surface area (TPSA) is 21.3 Å². The summed E-state index contributed by atoms with van der Waals surface area (Å²) in [6.45, 7) is 8.86. The van der Waals surface area contributed by atoms with Gasteiger partial charge in [-0.05, 0) is 29.8 Å². The molecule has 0 amide bonds. The van der Waals surface area contributed by atoms with Gasteiger partial charge in [-0.1, -0.05) is 20.8 Å². The standard InChI is InChI=1S/C12H23NOS/c1-11(2,3)10-12(14-7-6-13-10)4-8-15-9-5-12/h10,13H,4-9H2,1-3H3. The number of thioether (sulfide) groups is 1. The van der Waals surface area contributed by atoms with Crippen molar-refractivity contribution >= 4 is 11.8 Å². The van der Waals surface area contributed by atoms with E-state index >= 15 is 0 Å². The average molecular weight is 229 g/mol. The Morgan fingerprint density at radius 2 is 1.93 bits per heavy atom. The lowest BCUT2D eigenvalue weighted by atomic mass is 9.72. The molecule has 2 rings (SSSR count). The monoisotopic (exact) mass is 229 g/mol. The predicted molar refractivity (Wildman–Crippen MR) is 66.5 cm³/mol. The highest BCUT2D eigenvalue weighted by Gasteiger charge is 2.47. The van der Waals surface area contributed by atoms with E-state index in [9.17, 15) is 0 Å². The van der Waals surface area contributed by atoms with Gasteiger partial charge in [0, 0.05) is 12.6 Å². The van der Waals surface area contributed by atoms with E-state index in [0.717, 1.165) is 13.2 Å². The van der Waals surface area contributed by atoms with Crippen LogP contribution >= 0.6 is 11.8 Å². The van der Waals surface area contributed by atoms with Crippen molar-refractivity contribution in [3.8, 4) is 0 Å². The fourth-order valence-corrected chi connectivity index (χ4v) is 4.16. The summed E-state index contributed by atoms with van der Waals surface area (Å²) in [6, 6.07) is 0.514. The first-order valence-electron chi connectivity index (χ1n) is 6.00. The highest BCUT2D eigenvalue weighted by Crippen LogP contribution is 2.41. The Bertz CT molecular complexity index is 210. The predicted octanol–water partition coefficient (Wildman–Crippen LogP) is 2.29. The summed E-state index contributed by atoms with van der Waals surface area (Å²) >= 11 is 2.07. The van der Waals surface area contributed by atoms with Crippen LogP contribution in [0.5, 0.6) is 0 Å². The van der Waals surface area contributed by atoms with Crippen LogP contribution in [0.2, 0.25) is 0 Å². The van der Waals surface area contributed by atoms with Crippen LogP contribution in [0, 0.1) is 5.41 Å². The van der Waals surface area contributed by atoms with Crippen LogP contribution in [-0.4, -0.2) is 36.3 Å². The van der Waals surface area contributed by atoms with E-state index in [1.165, 1.54) is 24.3 Å². The van der Waals surface area contributed by atoms with Crippen LogP contribution in [0.3, 0.4) is 0 Å². The fraction of sp³-hybridized carbons (Fsp3) is 1.00. The first-order chi connectivity index (χ1) is 7.05. The van der Waals surface area contributed by atoms with Crippen molar-refractivity contribution in [3.05, 3.63) is 0 Å². The normalized spacial score (nSPS) is 31.8. The second kappa shape index (κ2) is 4.27. The van der Waals surface area contributed by atoms with E-state index in [0.29, 0.717) is 11.5 Å². The molecule has 88 valence electrons. The second-order valence-corrected chi connectivity index (χ2v) is 7.00. The molecule has 2 aliphatic heterocycles. The molecule has 0 aromatic rings. The number of rotatable bonds is 0. The number of nitrogens with one attached hydrogen (secondary N) is 1. The third-order valence-electron chi connectivity index (χ3n) is 3.57. The number of ether oxygens (including phenoxy) is 1. The summed E-state index contributed by atoms with van der Waals surface area (Å²) in [7, 11) is 0. The molecule has 0 aliphatic carbocycles. The van der Waals surface area contributed by atoms with E-state index in [-0.39, 0.29) is 5.60 Å². The molecule has 2 nitrogen and oxygen atoms in total. The third-order valence-corrected chi connectivity index (χ3v) is 4.56. The zero-order valence-corrected chi connectivity index (χ0v) is 11.0. The Hall–Kier alpha value is 0.270. The van der Waals surface area contributed by atoms with Gasteiger partial charge in [0.1, 0.15) is 0 Å². The van der Waals surface area contributed by atoms with Crippen molar-refractivity contribution in [3.63, 3.8) is 0 Å². The Morgan fingerprint density at radius 3 is 2.53 bits per heavy atom. The molecule has 0 saturated carbocycles. The smallest absolute Gasteiger partial charge is 0.0856 e. The lowest BCUT2D eigenvalue weighted by Crippen LogP contribution is -2.64. The highest BCUT2D eigenvalue weighted by molar-refractivity contribution is 7.99. The van der Waals surface area contributed by atoms with Crippen molar-refractivity contribution in [2.24, 2.45) is 5.41 Å². The zero-order chi connectivity index (χ0) is 10.9. The minimum atomic E-state index is 0.127. The Morgan fingerprint density at radius 1 is 1.27 bits per heavy atom. The van der Waals surface area contributed by atoms with Gasteiger partial charge in [-0.15, -0.1) is 0 Å². The fourth-order valence-electron chi connectivity index (χ4n) is 2.97. The van der Waals surface area contributed by atoms with Gasteiger partial charge >= 0.3 is 0 Å². The van der Waals surface area contributed by atoms with Crippen LogP contribution < -0.4 is 5.32 Å². The molecule has 2 fully saturated rings. The molecule has 0 radical (unpaired) electrons. The van der Waals surface area contributed by atoms with Crippen LogP contribution in [-0.2, 0) is 4.74 Å². The zero-order valence-electron chi connectivity index (χ0n) is 10.1. The maximum absolute atomic E-state index is 6.17. The van der Waals surface area contributed by atoms with E-state index in [2.05, 4.69) is 37.8 Å². The molecule has 2 saturated heterocycles. The van der Waals surface area contributed by atoms with E-state index < -0.39 is 0 Å². The summed E-state index contributed by atoms with van der Waals surface area (Å²) in [5, 5.41) is 3.69. The summed E-state index contributed by atoms with van der Waals surface area (Å²) in [5.41, 5.74) is 0.421. The average Bonchev–Trinajstić information content (AvgIpc) is 2.18. The molecule has 1 atom stereocenters. The molecule has 1 unspecified atom stereocenters. The molecular formula is C12H23NOS. The van der Waals surface area contributed by atoms with Crippen molar-refractivity contribution in [2.75, 3.05) is 24.7 Å².